The Hall–Kier alpha value is -1.85. The lowest BCUT2D eigenvalue weighted by Crippen LogP contribution is -2.13. The minimum absolute atomic E-state index is 0.228. The van der Waals surface area contributed by atoms with Gasteiger partial charge < -0.3 is 19.9 Å². The Labute approximate surface area is 104 Å². The van der Waals surface area contributed by atoms with Gasteiger partial charge in [0.05, 0.1) is 11.6 Å². The van der Waals surface area contributed by atoms with E-state index in [-0.39, 0.29) is 5.69 Å². The second-order valence-corrected chi connectivity index (χ2v) is 4.31. The van der Waals surface area contributed by atoms with Crippen LogP contribution in [0.1, 0.15) is 30.4 Å². The summed E-state index contributed by atoms with van der Waals surface area (Å²) >= 11 is 0. The first kappa shape index (κ1) is 12.6. The van der Waals surface area contributed by atoms with E-state index < -0.39 is 18.2 Å². The number of hydrogen-bond donors (Lipinski definition) is 3. The third-order valence-electron chi connectivity index (χ3n) is 3.24. The van der Waals surface area contributed by atoms with Crippen LogP contribution in [0.15, 0.2) is 24.3 Å². The Kier molecular flexibility index (Phi) is 3.11. The first-order valence-corrected chi connectivity index (χ1v) is 5.61. The summed E-state index contributed by atoms with van der Waals surface area (Å²) in [6.07, 6.45) is -1.70. The van der Waals surface area contributed by atoms with Crippen LogP contribution in [0, 0.1) is 0 Å². The third kappa shape index (κ3) is 1.77. The van der Waals surface area contributed by atoms with Gasteiger partial charge >= 0.3 is 5.97 Å². The monoisotopic (exact) mass is 249 g/mol. The van der Waals surface area contributed by atoms with Crippen LogP contribution in [0.5, 0.6) is 0 Å². The summed E-state index contributed by atoms with van der Waals surface area (Å²) in [7, 11) is 1.69. The molecule has 5 heteroatoms. The zero-order valence-corrected chi connectivity index (χ0v) is 10.2. The molecule has 1 atom stereocenters. The summed E-state index contributed by atoms with van der Waals surface area (Å²) in [5.74, 6) is -1.79. The lowest BCUT2D eigenvalue weighted by molar-refractivity contribution is -0.138. The van der Waals surface area contributed by atoms with E-state index in [1.165, 1.54) is 6.92 Å². The molecular formula is C13H15NO4. The fraction of sp³-hybridized carbons (Fsp3) is 0.308. The molecular weight excluding hydrogens is 234 g/mol. The van der Waals surface area contributed by atoms with Gasteiger partial charge in [-0.1, -0.05) is 18.2 Å². The lowest BCUT2D eigenvalue weighted by atomic mass is 9.97. The Bertz CT molecular complexity index is 600. The molecule has 1 aromatic heterocycles. The molecule has 0 spiro atoms. The SMILES string of the molecule is CC(C(=O)O)c1c(C(O)O)n(C)c2ccccc12. The van der Waals surface area contributed by atoms with Crippen LogP contribution in [0.25, 0.3) is 10.9 Å². The van der Waals surface area contributed by atoms with Gasteiger partial charge in [0.15, 0.2) is 6.29 Å². The molecule has 0 fully saturated rings. The van der Waals surface area contributed by atoms with E-state index in [2.05, 4.69) is 0 Å². The van der Waals surface area contributed by atoms with Crippen LogP contribution in [-0.4, -0.2) is 25.9 Å². The zero-order valence-electron chi connectivity index (χ0n) is 10.2. The second kappa shape index (κ2) is 4.44. The van der Waals surface area contributed by atoms with E-state index in [1.54, 1.807) is 23.7 Å². The first-order valence-electron chi connectivity index (χ1n) is 5.61. The molecule has 0 aliphatic rings. The number of benzene rings is 1. The molecule has 0 saturated heterocycles. The first-order chi connectivity index (χ1) is 8.45. The minimum Gasteiger partial charge on any atom is -0.481 e. The molecule has 0 aliphatic heterocycles. The number of hydrogen-bond acceptors (Lipinski definition) is 3. The molecule has 1 heterocycles. The van der Waals surface area contributed by atoms with Gasteiger partial charge in [-0.3, -0.25) is 4.79 Å². The van der Waals surface area contributed by atoms with E-state index in [4.69, 9.17) is 5.11 Å². The number of fused-ring (bicyclic) bond motifs is 1. The smallest absolute Gasteiger partial charge is 0.310 e. The standard InChI is InChI=1S/C13H15NO4/c1-7(12(15)16)10-8-5-3-4-6-9(8)14(2)11(10)13(17)18/h3-7,13,17-18H,1-2H3,(H,15,16). The molecule has 1 aromatic carbocycles. The maximum Gasteiger partial charge on any atom is 0.310 e. The fourth-order valence-corrected chi connectivity index (χ4v) is 2.33. The number of aliphatic hydroxyl groups excluding tert-OH is 1. The average Bonchev–Trinajstić information content (AvgIpc) is 2.62. The number of carboxylic acids is 1. The van der Waals surface area contributed by atoms with Gasteiger partial charge in [0.2, 0.25) is 0 Å². The molecule has 0 aliphatic carbocycles. The lowest BCUT2D eigenvalue weighted by Gasteiger charge is -2.12. The van der Waals surface area contributed by atoms with Crippen molar-refractivity contribution in [1.29, 1.82) is 0 Å². The van der Waals surface area contributed by atoms with Gasteiger partial charge in [-0.2, -0.15) is 0 Å². The van der Waals surface area contributed by atoms with Crippen LogP contribution >= 0.6 is 0 Å². The third-order valence-corrected chi connectivity index (χ3v) is 3.24. The molecule has 96 valence electrons. The van der Waals surface area contributed by atoms with Crippen molar-refractivity contribution in [2.45, 2.75) is 19.1 Å². The van der Waals surface area contributed by atoms with Crippen molar-refractivity contribution in [3.05, 3.63) is 35.5 Å². The zero-order chi connectivity index (χ0) is 13.4. The van der Waals surface area contributed by atoms with Gasteiger partial charge in [0.25, 0.3) is 0 Å². The van der Waals surface area contributed by atoms with E-state index in [0.29, 0.717) is 5.56 Å². The Balaban J connectivity index is 2.83. The maximum atomic E-state index is 11.2. The highest BCUT2D eigenvalue weighted by atomic mass is 16.5. The van der Waals surface area contributed by atoms with Crippen molar-refractivity contribution in [2.24, 2.45) is 7.05 Å². The Morgan fingerprint density at radius 3 is 2.44 bits per heavy atom. The number of aliphatic hydroxyl groups is 2. The summed E-state index contributed by atoms with van der Waals surface area (Å²) in [4.78, 5) is 11.2. The van der Waals surface area contributed by atoms with Crippen molar-refractivity contribution < 1.29 is 20.1 Å². The van der Waals surface area contributed by atoms with Gasteiger partial charge in [0, 0.05) is 23.5 Å². The van der Waals surface area contributed by atoms with Crippen LogP contribution < -0.4 is 0 Å². The highest BCUT2D eigenvalue weighted by Crippen LogP contribution is 2.34. The van der Waals surface area contributed by atoms with Crippen LogP contribution in [0.3, 0.4) is 0 Å². The van der Waals surface area contributed by atoms with Crippen molar-refractivity contribution in [2.75, 3.05) is 0 Å². The molecule has 0 bridgehead atoms. The Morgan fingerprint density at radius 1 is 1.28 bits per heavy atom. The summed E-state index contributed by atoms with van der Waals surface area (Å²) < 4.78 is 1.62. The van der Waals surface area contributed by atoms with E-state index >= 15 is 0 Å². The largest absolute Gasteiger partial charge is 0.481 e. The summed E-state index contributed by atoms with van der Waals surface area (Å²) in [6, 6.07) is 7.23. The number of para-hydroxylation sites is 1. The molecule has 3 N–H and O–H groups in total. The van der Waals surface area contributed by atoms with Crippen LogP contribution in [0.4, 0.5) is 0 Å². The predicted octanol–water partition coefficient (Wildman–Crippen LogP) is 1.35. The highest BCUT2D eigenvalue weighted by Gasteiger charge is 2.27. The van der Waals surface area contributed by atoms with E-state index in [9.17, 15) is 15.0 Å². The van der Waals surface area contributed by atoms with Crippen LogP contribution in [-0.2, 0) is 11.8 Å². The number of aryl methyl sites for hydroxylation is 1. The maximum absolute atomic E-state index is 11.2. The Morgan fingerprint density at radius 2 is 1.89 bits per heavy atom. The van der Waals surface area contributed by atoms with Gasteiger partial charge in [-0.05, 0) is 13.0 Å². The summed E-state index contributed by atoms with van der Waals surface area (Å²) in [5, 5.41) is 28.8. The predicted molar refractivity (Wildman–Crippen MR) is 66.1 cm³/mol. The number of nitrogens with zero attached hydrogens (tertiary/aromatic N) is 1. The highest BCUT2D eigenvalue weighted by molar-refractivity contribution is 5.91. The molecule has 2 rings (SSSR count). The van der Waals surface area contributed by atoms with Crippen molar-refractivity contribution in [3.63, 3.8) is 0 Å². The summed E-state index contributed by atoms with van der Waals surface area (Å²) in [6.45, 7) is 1.54. The van der Waals surface area contributed by atoms with Crippen molar-refractivity contribution >= 4 is 16.9 Å². The molecule has 2 aromatic rings. The molecule has 1 unspecified atom stereocenters. The topological polar surface area (TPSA) is 82.7 Å². The number of aromatic nitrogens is 1. The molecule has 0 saturated carbocycles. The number of carboxylic acid groups (broad SMARTS) is 1. The number of carbonyl (C=O) groups is 1. The van der Waals surface area contributed by atoms with Crippen LogP contribution in [0.2, 0.25) is 0 Å². The molecule has 0 amide bonds. The van der Waals surface area contributed by atoms with E-state index in [0.717, 1.165) is 10.9 Å². The van der Waals surface area contributed by atoms with Crippen molar-refractivity contribution in [1.82, 2.24) is 4.57 Å². The minimum atomic E-state index is -1.70. The second-order valence-electron chi connectivity index (χ2n) is 4.31. The fourth-order valence-electron chi connectivity index (χ4n) is 2.33. The van der Waals surface area contributed by atoms with Gasteiger partial charge in [-0.15, -0.1) is 0 Å². The average molecular weight is 249 g/mol. The normalized spacial score (nSPS) is 13.2. The van der Waals surface area contributed by atoms with E-state index in [1.807, 2.05) is 12.1 Å². The van der Waals surface area contributed by atoms with Gasteiger partial charge in [-0.25, -0.2) is 0 Å². The molecule has 18 heavy (non-hydrogen) atoms. The number of rotatable bonds is 3. The molecule has 5 nitrogen and oxygen atoms in total. The summed E-state index contributed by atoms with van der Waals surface area (Å²) in [5.41, 5.74) is 1.46. The quantitative estimate of drug-likeness (QED) is 0.717. The number of aliphatic carboxylic acids is 1. The van der Waals surface area contributed by atoms with Gasteiger partial charge in [0.1, 0.15) is 0 Å². The van der Waals surface area contributed by atoms with Crippen molar-refractivity contribution in [3.8, 4) is 0 Å². The molecule has 0 radical (unpaired) electrons.